The minimum absolute atomic E-state index is 0.229. The van der Waals surface area contributed by atoms with Crippen LogP contribution in [0.4, 0.5) is 5.69 Å². The molecule has 1 atom stereocenters. The van der Waals surface area contributed by atoms with E-state index in [0.717, 1.165) is 22.0 Å². The number of carbonyl (C=O) groups excluding carboxylic acids is 1. The number of fused-ring (bicyclic) bond motifs is 2. The lowest BCUT2D eigenvalue weighted by Gasteiger charge is -2.25. The maximum absolute atomic E-state index is 14.1. The van der Waals surface area contributed by atoms with E-state index in [1.807, 2.05) is 95.7 Å². The maximum Gasteiger partial charge on any atom is 0.271 e. The van der Waals surface area contributed by atoms with E-state index in [0.29, 0.717) is 38.6 Å². The number of anilines is 1. The lowest BCUT2D eigenvalue weighted by atomic mass is 9.95. The summed E-state index contributed by atoms with van der Waals surface area (Å²) in [5.74, 6) is 3.00. The van der Waals surface area contributed by atoms with Crippen LogP contribution in [0.3, 0.4) is 0 Å². The molecule has 0 radical (unpaired) electrons. The zero-order chi connectivity index (χ0) is 28.5. The van der Waals surface area contributed by atoms with Crippen LogP contribution in [0.15, 0.2) is 106 Å². The largest absolute Gasteiger partial charge is 0.497 e. The van der Waals surface area contributed by atoms with E-state index in [1.165, 1.54) is 11.3 Å². The normalized spacial score (nSPS) is 14.9. The van der Waals surface area contributed by atoms with Gasteiger partial charge in [0.2, 0.25) is 0 Å². The number of nitrogens with one attached hydrogen (secondary N) is 1. The summed E-state index contributed by atoms with van der Waals surface area (Å²) >= 11 is 1.30. The van der Waals surface area contributed by atoms with Crippen molar-refractivity contribution in [1.29, 1.82) is 0 Å². The standard InChI is InChI=1S/C33H26N4O3S/c1-4-17-36-20-23(26-15-8-9-16-27(26)36)19-28-32(39)37-30(22-11-10-14-25(18-22)40-3)29(21(2)34-33(37)41-28)31(38)35-24-12-6-5-7-13-24/h1,5-16,18-20,30H,17H2,2-3H3,(H,35,38)/t30-/m1/s1. The highest BCUT2D eigenvalue weighted by Crippen LogP contribution is 2.32. The van der Waals surface area contributed by atoms with E-state index in [1.54, 1.807) is 18.6 Å². The molecule has 0 saturated carbocycles. The van der Waals surface area contributed by atoms with Crippen LogP contribution in [0.1, 0.15) is 24.1 Å². The van der Waals surface area contributed by atoms with Gasteiger partial charge in [-0.25, -0.2) is 4.99 Å². The van der Waals surface area contributed by atoms with Crippen LogP contribution in [0.2, 0.25) is 0 Å². The molecule has 41 heavy (non-hydrogen) atoms. The summed E-state index contributed by atoms with van der Waals surface area (Å²) in [5, 5.41) is 3.97. The molecule has 202 valence electrons. The number of hydrogen-bond donors (Lipinski definition) is 1. The van der Waals surface area contributed by atoms with Crippen molar-refractivity contribution in [2.24, 2.45) is 4.99 Å². The molecular weight excluding hydrogens is 532 g/mol. The quantitative estimate of drug-likeness (QED) is 0.313. The first kappa shape index (κ1) is 26.1. The Balaban J connectivity index is 1.54. The SMILES string of the molecule is C#CCn1cc(C=c2sc3n(c2=O)[C@H](c2cccc(OC)c2)C(C(=O)Nc2ccccc2)=C(C)N=3)c2ccccc21. The molecular formula is C33H26N4O3S. The number of para-hydroxylation sites is 2. The van der Waals surface area contributed by atoms with Crippen LogP contribution in [-0.4, -0.2) is 22.2 Å². The van der Waals surface area contributed by atoms with Crippen LogP contribution >= 0.6 is 11.3 Å². The lowest BCUT2D eigenvalue weighted by molar-refractivity contribution is -0.113. The third kappa shape index (κ3) is 4.77. The summed E-state index contributed by atoms with van der Waals surface area (Å²) in [6.07, 6.45) is 9.45. The van der Waals surface area contributed by atoms with Crippen LogP contribution in [-0.2, 0) is 11.3 Å². The number of ether oxygens (including phenoxy) is 1. The number of terminal acetylenes is 1. The van der Waals surface area contributed by atoms with Crippen LogP contribution in [0, 0.1) is 12.3 Å². The van der Waals surface area contributed by atoms with Gasteiger partial charge in [-0.15, -0.1) is 6.42 Å². The third-order valence-corrected chi connectivity index (χ3v) is 8.06. The molecule has 0 saturated heterocycles. The minimum atomic E-state index is -0.699. The average Bonchev–Trinajstić information content (AvgIpc) is 3.49. The van der Waals surface area contributed by atoms with Gasteiger partial charge in [-0.1, -0.05) is 65.8 Å². The zero-order valence-electron chi connectivity index (χ0n) is 22.5. The Hall–Kier alpha value is -5.13. The van der Waals surface area contributed by atoms with Gasteiger partial charge in [0.15, 0.2) is 4.80 Å². The number of hydrogen-bond acceptors (Lipinski definition) is 5. The van der Waals surface area contributed by atoms with Crippen molar-refractivity contribution in [3.05, 3.63) is 127 Å². The van der Waals surface area contributed by atoms with Gasteiger partial charge >= 0.3 is 0 Å². The summed E-state index contributed by atoms with van der Waals surface area (Å²) < 4.78 is 9.60. The Morgan fingerprint density at radius 3 is 2.68 bits per heavy atom. The monoisotopic (exact) mass is 558 g/mol. The van der Waals surface area contributed by atoms with Gasteiger partial charge in [0.1, 0.15) is 5.75 Å². The van der Waals surface area contributed by atoms with Gasteiger partial charge in [0.05, 0.1) is 35.5 Å². The molecule has 7 nitrogen and oxygen atoms in total. The summed E-state index contributed by atoms with van der Waals surface area (Å²) in [6.45, 7) is 2.22. The van der Waals surface area contributed by atoms with E-state index in [-0.39, 0.29) is 11.5 Å². The van der Waals surface area contributed by atoms with Gasteiger partial charge in [-0.3, -0.25) is 14.2 Å². The predicted molar refractivity (Wildman–Crippen MR) is 163 cm³/mol. The van der Waals surface area contributed by atoms with Crippen molar-refractivity contribution in [2.45, 2.75) is 19.5 Å². The summed E-state index contributed by atoms with van der Waals surface area (Å²) in [4.78, 5) is 33.1. The number of methoxy groups -OCH3 is 1. The molecule has 3 aromatic carbocycles. The number of rotatable bonds is 6. The second kappa shape index (κ2) is 10.8. The minimum Gasteiger partial charge on any atom is -0.497 e. The van der Waals surface area contributed by atoms with Gasteiger partial charge in [0, 0.05) is 28.4 Å². The number of aromatic nitrogens is 2. The molecule has 1 aliphatic rings. The summed E-state index contributed by atoms with van der Waals surface area (Å²) in [6, 6.07) is 23.9. The molecule has 2 aromatic heterocycles. The van der Waals surface area contributed by atoms with Crippen molar-refractivity contribution in [2.75, 3.05) is 12.4 Å². The average molecular weight is 559 g/mol. The number of nitrogens with zero attached hydrogens (tertiary/aromatic N) is 3. The van der Waals surface area contributed by atoms with Gasteiger partial charge < -0.3 is 14.6 Å². The summed E-state index contributed by atoms with van der Waals surface area (Å²) in [5.41, 5.74) is 3.99. The molecule has 5 aromatic rings. The Kier molecular flexibility index (Phi) is 6.88. The van der Waals surface area contributed by atoms with E-state index in [4.69, 9.17) is 16.2 Å². The Morgan fingerprint density at radius 1 is 1.12 bits per heavy atom. The molecule has 6 rings (SSSR count). The molecule has 1 N–H and O–H groups in total. The van der Waals surface area contributed by atoms with Crippen LogP contribution < -0.4 is 24.9 Å². The molecule has 8 heteroatoms. The van der Waals surface area contributed by atoms with Crippen molar-refractivity contribution >= 4 is 39.9 Å². The first-order valence-corrected chi connectivity index (χ1v) is 13.8. The topological polar surface area (TPSA) is 77.6 Å². The number of amides is 1. The Morgan fingerprint density at radius 2 is 1.90 bits per heavy atom. The highest BCUT2D eigenvalue weighted by Gasteiger charge is 2.32. The van der Waals surface area contributed by atoms with Crippen molar-refractivity contribution in [3.63, 3.8) is 0 Å². The van der Waals surface area contributed by atoms with Gasteiger partial charge in [-0.05, 0) is 48.9 Å². The van der Waals surface area contributed by atoms with Crippen LogP contribution in [0.25, 0.3) is 17.0 Å². The molecule has 0 unspecified atom stereocenters. The highest BCUT2D eigenvalue weighted by atomic mass is 32.1. The number of thiazole rings is 1. The predicted octanol–water partition coefficient (Wildman–Crippen LogP) is 4.47. The van der Waals surface area contributed by atoms with E-state index in [2.05, 4.69) is 11.2 Å². The summed E-state index contributed by atoms with van der Waals surface area (Å²) in [7, 11) is 1.59. The number of carbonyl (C=O) groups is 1. The second-order valence-corrected chi connectivity index (χ2v) is 10.6. The fourth-order valence-electron chi connectivity index (χ4n) is 5.22. The molecule has 0 aliphatic carbocycles. The molecule has 1 amide bonds. The van der Waals surface area contributed by atoms with Crippen molar-refractivity contribution in [3.8, 4) is 18.1 Å². The number of benzene rings is 3. The van der Waals surface area contributed by atoms with Gasteiger partial charge in [0.25, 0.3) is 11.5 Å². The smallest absolute Gasteiger partial charge is 0.271 e. The lowest BCUT2D eigenvalue weighted by Crippen LogP contribution is -2.40. The molecule has 0 bridgehead atoms. The van der Waals surface area contributed by atoms with Crippen LogP contribution in [0.5, 0.6) is 5.75 Å². The first-order valence-electron chi connectivity index (χ1n) is 13.0. The molecule has 3 heterocycles. The number of allylic oxidation sites excluding steroid dienone is 1. The molecule has 0 spiro atoms. The molecule has 1 aliphatic heterocycles. The Labute approximate surface area is 240 Å². The fraction of sp³-hybridized carbons (Fsp3) is 0.121. The van der Waals surface area contributed by atoms with Gasteiger partial charge in [-0.2, -0.15) is 0 Å². The fourth-order valence-corrected chi connectivity index (χ4v) is 6.26. The highest BCUT2D eigenvalue weighted by molar-refractivity contribution is 7.07. The van der Waals surface area contributed by atoms with E-state index >= 15 is 0 Å². The maximum atomic E-state index is 14.1. The Bertz CT molecular complexity index is 2060. The van der Waals surface area contributed by atoms with Crippen molar-refractivity contribution < 1.29 is 9.53 Å². The first-order chi connectivity index (χ1) is 20.0. The van der Waals surface area contributed by atoms with E-state index in [9.17, 15) is 9.59 Å². The van der Waals surface area contributed by atoms with Crippen molar-refractivity contribution in [1.82, 2.24) is 9.13 Å². The third-order valence-electron chi connectivity index (χ3n) is 7.08. The molecule has 0 fully saturated rings. The van der Waals surface area contributed by atoms with E-state index < -0.39 is 6.04 Å². The zero-order valence-corrected chi connectivity index (χ0v) is 23.3. The second-order valence-electron chi connectivity index (χ2n) is 9.61.